The first kappa shape index (κ1) is 25.0. The minimum atomic E-state index is -0.336. The fourth-order valence-corrected chi connectivity index (χ4v) is 4.93. The van der Waals surface area contributed by atoms with Crippen LogP contribution in [0.5, 0.6) is 23.0 Å². The molecule has 0 bridgehead atoms. The van der Waals surface area contributed by atoms with Gasteiger partial charge in [-0.15, -0.1) is 0 Å². The minimum Gasteiger partial charge on any atom is -0.497 e. The molecule has 194 valence electrons. The summed E-state index contributed by atoms with van der Waals surface area (Å²) in [6.07, 6.45) is 0. The molecule has 7 nitrogen and oxygen atoms in total. The summed E-state index contributed by atoms with van der Waals surface area (Å²) in [4.78, 5) is 18.1. The molecule has 0 aliphatic carbocycles. The van der Waals surface area contributed by atoms with Gasteiger partial charge in [-0.2, -0.15) is 0 Å². The zero-order valence-electron chi connectivity index (χ0n) is 21.8. The Labute approximate surface area is 222 Å². The highest BCUT2D eigenvalue weighted by Crippen LogP contribution is 2.49. The van der Waals surface area contributed by atoms with Gasteiger partial charge in [0.25, 0.3) is 0 Å². The van der Waals surface area contributed by atoms with Crippen LogP contribution < -0.4 is 28.7 Å². The summed E-state index contributed by atoms with van der Waals surface area (Å²) in [5.41, 5.74) is 3.50. The van der Waals surface area contributed by atoms with Crippen molar-refractivity contribution in [2.24, 2.45) is 0 Å². The summed E-state index contributed by atoms with van der Waals surface area (Å²) in [7, 11) is 6.54. The summed E-state index contributed by atoms with van der Waals surface area (Å²) < 4.78 is 21.6. The van der Waals surface area contributed by atoms with E-state index in [9.17, 15) is 4.79 Å². The van der Waals surface area contributed by atoms with E-state index in [-0.39, 0.29) is 18.1 Å². The quantitative estimate of drug-likeness (QED) is 0.266. The highest BCUT2D eigenvalue weighted by Gasteiger charge is 2.48. The average molecular weight is 511 g/mol. The highest BCUT2D eigenvalue weighted by molar-refractivity contribution is 6.08. The van der Waals surface area contributed by atoms with Crippen LogP contribution in [0.15, 0.2) is 97.1 Å². The Hall–Kier alpha value is -4.65. The molecule has 7 heteroatoms. The van der Waals surface area contributed by atoms with Crippen molar-refractivity contribution in [3.63, 3.8) is 0 Å². The molecule has 2 unspecified atom stereocenters. The fourth-order valence-electron chi connectivity index (χ4n) is 4.93. The molecule has 4 aromatic carbocycles. The van der Waals surface area contributed by atoms with Gasteiger partial charge in [0.15, 0.2) is 0 Å². The molecule has 2 amide bonds. The number of urea groups is 1. The van der Waals surface area contributed by atoms with E-state index < -0.39 is 0 Å². The van der Waals surface area contributed by atoms with Gasteiger partial charge in [0, 0.05) is 11.4 Å². The Morgan fingerprint density at radius 1 is 0.447 bits per heavy atom. The second-order valence-electron chi connectivity index (χ2n) is 8.85. The van der Waals surface area contributed by atoms with Crippen LogP contribution in [-0.4, -0.2) is 34.5 Å². The number of amides is 2. The lowest BCUT2D eigenvalue weighted by molar-refractivity contribution is 0.255. The maximum Gasteiger partial charge on any atom is 0.330 e. The number of carbonyl (C=O) groups excluding carboxylic acids is 1. The van der Waals surface area contributed by atoms with E-state index in [1.165, 1.54) is 0 Å². The van der Waals surface area contributed by atoms with E-state index in [4.69, 9.17) is 18.9 Å². The van der Waals surface area contributed by atoms with Gasteiger partial charge in [0.05, 0.1) is 40.5 Å². The Balaban J connectivity index is 1.71. The second-order valence-corrected chi connectivity index (χ2v) is 8.85. The van der Waals surface area contributed by atoms with Crippen LogP contribution in [0, 0.1) is 0 Å². The van der Waals surface area contributed by atoms with Crippen molar-refractivity contribution >= 4 is 17.4 Å². The number of hydrogen-bond acceptors (Lipinski definition) is 5. The third kappa shape index (κ3) is 4.59. The van der Waals surface area contributed by atoms with Crippen molar-refractivity contribution in [2.45, 2.75) is 12.1 Å². The van der Waals surface area contributed by atoms with Crippen LogP contribution in [0.2, 0.25) is 0 Å². The highest BCUT2D eigenvalue weighted by atomic mass is 16.5. The number of hydrogen-bond donors (Lipinski definition) is 0. The predicted octanol–water partition coefficient (Wildman–Crippen LogP) is 6.65. The molecule has 5 rings (SSSR count). The summed E-state index contributed by atoms with van der Waals surface area (Å²) >= 11 is 0. The Kier molecular flexibility index (Phi) is 7.09. The molecular formula is C31H30N2O5. The second kappa shape index (κ2) is 10.8. The van der Waals surface area contributed by atoms with Gasteiger partial charge in [-0.3, -0.25) is 9.80 Å². The zero-order valence-corrected chi connectivity index (χ0v) is 21.8. The number of nitrogens with zero attached hydrogens (tertiary/aromatic N) is 2. The topological polar surface area (TPSA) is 60.5 Å². The molecule has 4 aromatic rings. The van der Waals surface area contributed by atoms with E-state index in [0.717, 1.165) is 45.5 Å². The zero-order chi connectivity index (χ0) is 26.6. The number of carbonyl (C=O) groups is 1. The van der Waals surface area contributed by atoms with Gasteiger partial charge >= 0.3 is 6.03 Å². The monoisotopic (exact) mass is 510 g/mol. The molecule has 0 aromatic heterocycles. The normalized spacial score (nSPS) is 16.9. The van der Waals surface area contributed by atoms with E-state index in [1.54, 1.807) is 28.4 Å². The standard InChI is InChI=1S/C31H30N2O5/c1-35-25-13-5-21(6-14-25)29-30(22-7-15-26(36-2)16-8-22)33(24-11-19-28(38-4)20-12-24)31(34)32(29)23-9-17-27(37-3)18-10-23/h5-20,29-30H,1-4H3. The third-order valence-corrected chi connectivity index (χ3v) is 6.88. The molecular weight excluding hydrogens is 480 g/mol. The fraction of sp³-hybridized carbons (Fsp3) is 0.194. The van der Waals surface area contributed by atoms with Crippen LogP contribution in [0.4, 0.5) is 16.2 Å². The molecule has 0 saturated carbocycles. The van der Waals surface area contributed by atoms with E-state index >= 15 is 0 Å². The van der Waals surface area contributed by atoms with E-state index in [2.05, 4.69) is 0 Å². The van der Waals surface area contributed by atoms with Crippen LogP contribution in [-0.2, 0) is 0 Å². The smallest absolute Gasteiger partial charge is 0.330 e. The Morgan fingerprint density at radius 3 is 0.974 bits per heavy atom. The first-order chi connectivity index (χ1) is 18.6. The maximum atomic E-state index is 14.4. The van der Waals surface area contributed by atoms with E-state index in [1.807, 2.05) is 107 Å². The molecule has 1 saturated heterocycles. The lowest BCUT2D eigenvalue weighted by Gasteiger charge is -2.29. The minimum absolute atomic E-state index is 0.137. The Morgan fingerprint density at radius 2 is 0.711 bits per heavy atom. The summed E-state index contributed by atoms with van der Waals surface area (Å²) in [5, 5.41) is 0. The molecule has 0 radical (unpaired) electrons. The lowest BCUT2D eigenvalue weighted by atomic mass is 9.92. The van der Waals surface area contributed by atoms with Crippen molar-refractivity contribution < 1.29 is 23.7 Å². The number of rotatable bonds is 8. The van der Waals surface area contributed by atoms with Gasteiger partial charge in [-0.25, -0.2) is 4.79 Å². The Bertz CT molecular complexity index is 1260. The average Bonchev–Trinajstić information content (AvgIpc) is 3.29. The molecule has 2 atom stereocenters. The molecule has 0 N–H and O–H groups in total. The number of methoxy groups -OCH3 is 4. The van der Waals surface area contributed by atoms with Crippen molar-refractivity contribution in [2.75, 3.05) is 38.2 Å². The van der Waals surface area contributed by atoms with Gasteiger partial charge in [-0.1, -0.05) is 24.3 Å². The molecule has 0 spiro atoms. The lowest BCUT2D eigenvalue weighted by Crippen LogP contribution is -2.32. The van der Waals surface area contributed by atoms with Crippen molar-refractivity contribution in [3.8, 4) is 23.0 Å². The largest absolute Gasteiger partial charge is 0.497 e. The van der Waals surface area contributed by atoms with Crippen LogP contribution in [0.25, 0.3) is 0 Å². The van der Waals surface area contributed by atoms with Crippen molar-refractivity contribution in [1.29, 1.82) is 0 Å². The van der Waals surface area contributed by atoms with Gasteiger partial charge < -0.3 is 18.9 Å². The molecule has 1 aliphatic heterocycles. The van der Waals surface area contributed by atoms with Crippen LogP contribution in [0.1, 0.15) is 23.2 Å². The summed E-state index contributed by atoms with van der Waals surface area (Å²) in [5.74, 6) is 2.95. The van der Waals surface area contributed by atoms with Gasteiger partial charge in [-0.05, 0) is 83.9 Å². The number of ether oxygens (including phenoxy) is 4. The number of benzene rings is 4. The van der Waals surface area contributed by atoms with E-state index in [0.29, 0.717) is 0 Å². The summed E-state index contributed by atoms with van der Waals surface area (Å²) in [6.45, 7) is 0. The first-order valence-electron chi connectivity index (χ1n) is 12.3. The van der Waals surface area contributed by atoms with Gasteiger partial charge in [0.1, 0.15) is 23.0 Å². The molecule has 1 heterocycles. The molecule has 1 aliphatic rings. The van der Waals surface area contributed by atoms with Gasteiger partial charge in [0.2, 0.25) is 0 Å². The van der Waals surface area contributed by atoms with Crippen molar-refractivity contribution in [3.05, 3.63) is 108 Å². The summed E-state index contributed by atoms with van der Waals surface area (Å²) in [6, 6.07) is 30.1. The first-order valence-corrected chi connectivity index (χ1v) is 12.3. The third-order valence-electron chi connectivity index (χ3n) is 6.88. The SMILES string of the molecule is COc1ccc(C2C(c3ccc(OC)cc3)N(c3ccc(OC)cc3)C(=O)N2c2ccc(OC)cc2)cc1. The number of anilines is 2. The maximum absolute atomic E-state index is 14.4. The molecule has 1 fully saturated rings. The van der Waals surface area contributed by atoms with Crippen LogP contribution in [0.3, 0.4) is 0 Å². The van der Waals surface area contributed by atoms with Crippen molar-refractivity contribution in [1.82, 2.24) is 0 Å². The predicted molar refractivity (Wildman–Crippen MR) is 148 cm³/mol. The molecule has 38 heavy (non-hydrogen) atoms. The van der Waals surface area contributed by atoms with Crippen LogP contribution >= 0.6 is 0 Å².